The van der Waals surface area contributed by atoms with Crippen LogP contribution in [0.5, 0.6) is 0 Å². The zero-order valence-electron chi connectivity index (χ0n) is 6.85. The largest absolute Gasteiger partial charge is 0.298 e. The van der Waals surface area contributed by atoms with Crippen LogP contribution in [0.4, 0.5) is 0 Å². The van der Waals surface area contributed by atoms with Crippen LogP contribution in [0.15, 0.2) is 23.3 Å². The van der Waals surface area contributed by atoms with Gasteiger partial charge in [0.2, 0.25) is 0 Å². The Morgan fingerprint density at radius 2 is 2.10 bits per heavy atom. The Labute approximate surface area is 62.4 Å². The van der Waals surface area contributed by atoms with E-state index in [1.165, 1.54) is 0 Å². The molecule has 0 aliphatic carbocycles. The molecule has 1 nitrogen and oxygen atoms in total. The van der Waals surface area contributed by atoms with Crippen LogP contribution < -0.4 is 0 Å². The van der Waals surface area contributed by atoms with Crippen molar-refractivity contribution < 1.29 is 4.79 Å². The fourth-order valence-electron chi connectivity index (χ4n) is 0.689. The highest BCUT2D eigenvalue weighted by Crippen LogP contribution is 2.06. The van der Waals surface area contributed by atoms with Crippen molar-refractivity contribution in [3.63, 3.8) is 0 Å². The van der Waals surface area contributed by atoms with Crippen LogP contribution in [0.2, 0.25) is 0 Å². The smallest absolute Gasteiger partial charge is 0.149 e. The van der Waals surface area contributed by atoms with Gasteiger partial charge in [-0.2, -0.15) is 0 Å². The van der Waals surface area contributed by atoms with Gasteiger partial charge in [0, 0.05) is 5.57 Å². The van der Waals surface area contributed by atoms with E-state index in [0.717, 1.165) is 23.9 Å². The van der Waals surface area contributed by atoms with Crippen molar-refractivity contribution in [1.29, 1.82) is 0 Å². The van der Waals surface area contributed by atoms with E-state index in [4.69, 9.17) is 0 Å². The molecule has 0 aromatic rings. The van der Waals surface area contributed by atoms with E-state index >= 15 is 0 Å². The van der Waals surface area contributed by atoms with Crippen LogP contribution in [-0.2, 0) is 4.79 Å². The Hall–Kier alpha value is -0.850. The number of carbonyl (C=O) groups is 1. The third-order valence-electron chi connectivity index (χ3n) is 1.44. The third kappa shape index (κ3) is 2.62. The molecule has 0 aliphatic heterocycles. The van der Waals surface area contributed by atoms with E-state index in [-0.39, 0.29) is 0 Å². The molecule has 0 spiro atoms. The summed E-state index contributed by atoms with van der Waals surface area (Å²) in [6.45, 7) is 5.89. The molecule has 0 radical (unpaired) electrons. The lowest BCUT2D eigenvalue weighted by Gasteiger charge is -1.95. The minimum atomic E-state index is 0.810. The molecule has 0 amide bonds. The molecule has 0 heterocycles. The highest BCUT2D eigenvalue weighted by atomic mass is 16.1. The van der Waals surface area contributed by atoms with Gasteiger partial charge in [-0.15, -0.1) is 0 Å². The standard InChI is InChI=1S/C9H14O/c1-4-6-9(7-10)8(3)5-2/h5-7H,4H2,1-3H3/b8-5-,9-6-. The molecule has 0 aliphatic rings. The molecule has 0 fully saturated rings. The van der Waals surface area contributed by atoms with E-state index in [2.05, 4.69) is 0 Å². The number of allylic oxidation sites excluding steroid dienone is 4. The maximum Gasteiger partial charge on any atom is 0.149 e. The molecule has 0 saturated carbocycles. The molecule has 0 unspecified atom stereocenters. The first kappa shape index (κ1) is 9.15. The maximum atomic E-state index is 10.4. The lowest BCUT2D eigenvalue weighted by atomic mass is 10.1. The Morgan fingerprint density at radius 1 is 1.50 bits per heavy atom. The number of carbonyl (C=O) groups excluding carboxylic acids is 1. The molecule has 0 aromatic heterocycles. The predicted octanol–water partition coefficient (Wildman–Crippen LogP) is 2.49. The van der Waals surface area contributed by atoms with Gasteiger partial charge < -0.3 is 0 Å². The molecule has 0 rings (SSSR count). The van der Waals surface area contributed by atoms with Gasteiger partial charge in [0.1, 0.15) is 6.29 Å². The van der Waals surface area contributed by atoms with Crippen LogP contribution in [-0.4, -0.2) is 6.29 Å². The second-order valence-electron chi connectivity index (χ2n) is 2.16. The quantitative estimate of drug-likeness (QED) is 0.332. The van der Waals surface area contributed by atoms with Gasteiger partial charge in [0.25, 0.3) is 0 Å². The number of rotatable bonds is 3. The van der Waals surface area contributed by atoms with Gasteiger partial charge in [-0.3, -0.25) is 4.79 Å². The second-order valence-corrected chi connectivity index (χ2v) is 2.16. The van der Waals surface area contributed by atoms with E-state index in [1.54, 1.807) is 0 Å². The zero-order chi connectivity index (χ0) is 7.98. The molecule has 0 atom stereocenters. The minimum absolute atomic E-state index is 0.810. The molecule has 0 aromatic carbocycles. The molecular weight excluding hydrogens is 124 g/mol. The monoisotopic (exact) mass is 138 g/mol. The van der Waals surface area contributed by atoms with Crippen molar-refractivity contribution in [1.82, 2.24) is 0 Å². The topological polar surface area (TPSA) is 17.1 Å². The first-order valence-corrected chi connectivity index (χ1v) is 3.54. The third-order valence-corrected chi connectivity index (χ3v) is 1.44. The van der Waals surface area contributed by atoms with Gasteiger partial charge in [-0.1, -0.05) is 19.1 Å². The summed E-state index contributed by atoms with van der Waals surface area (Å²) in [4.78, 5) is 10.4. The van der Waals surface area contributed by atoms with E-state index in [0.29, 0.717) is 0 Å². The second kappa shape index (κ2) is 4.98. The molecule has 1 heteroatoms. The summed E-state index contributed by atoms with van der Waals surface area (Å²) in [5.74, 6) is 0. The van der Waals surface area contributed by atoms with Crippen molar-refractivity contribution in [2.24, 2.45) is 0 Å². The van der Waals surface area contributed by atoms with E-state index in [9.17, 15) is 4.79 Å². The van der Waals surface area contributed by atoms with Gasteiger partial charge in [0.05, 0.1) is 0 Å². The maximum absolute atomic E-state index is 10.4. The lowest BCUT2D eigenvalue weighted by molar-refractivity contribution is -0.104. The average molecular weight is 138 g/mol. The van der Waals surface area contributed by atoms with Crippen molar-refractivity contribution in [3.05, 3.63) is 23.3 Å². The predicted molar refractivity (Wildman–Crippen MR) is 43.9 cm³/mol. The fourth-order valence-corrected chi connectivity index (χ4v) is 0.689. The van der Waals surface area contributed by atoms with E-state index < -0.39 is 0 Å². The van der Waals surface area contributed by atoms with Crippen molar-refractivity contribution in [2.45, 2.75) is 27.2 Å². The first-order valence-electron chi connectivity index (χ1n) is 3.54. The van der Waals surface area contributed by atoms with E-state index in [1.807, 2.05) is 32.9 Å². The highest BCUT2D eigenvalue weighted by Gasteiger charge is 1.93. The molecule has 0 bridgehead atoms. The summed E-state index contributed by atoms with van der Waals surface area (Å²) >= 11 is 0. The average Bonchev–Trinajstić information content (AvgIpc) is 1.99. The van der Waals surface area contributed by atoms with Crippen molar-refractivity contribution in [2.75, 3.05) is 0 Å². The Balaban J connectivity index is 4.35. The molecule has 56 valence electrons. The summed E-state index contributed by atoms with van der Waals surface area (Å²) in [7, 11) is 0. The van der Waals surface area contributed by atoms with Crippen molar-refractivity contribution in [3.8, 4) is 0 Å². The Kier molecular flexibility index (Phi) is 4.55. The number of hydrogen-bond acceptors (Lipinski definition) is 1. The summed E-state index contributed by atoms with van der Waals surface area (Å²) in [6, 6.07) is 0. The number of hydrogen-bond donors (Lipinski definition) is 0. The summed E-state index contributed by atoms with van der Waals surface area (Å²) in [5.41, 5.74) is 1.86. The van der Waals surface area contributed by atoms with Crippen LogP contribution in [0.1, 0.15) is 27.2 Å². The van der Waals surface area contributed by atoms with Crippen LogP contribution >= 0.6 is 0 Å². The zero-order valence-corrected chi connectivity index (χ0v) is 6.85. The normalized spacial score (nSPS) is 13.5. The van der Waals surface area contributed by atoms with Crippen molar-refractivity contribution >= 4 is 6.29 Å². The summed E-state index contributed by atoms with van der Waals surface area (Å²) < 4.78 is 0. The van der Waals surface area contributed by atoms with Gasteiger partial charge >= 0.3 is 0 Å². The Morgan fingerprint density at radius 3 is 2.40 bits per heavy atom. The molecular formula is C9H14O. The van der Waals surface area contributed by atoms with Gasteiger partial charge in [-0.25, -0.2) is 0 Å². The van der Waals surface area contributed by atoms with Crippen LogP contribution in [0.3, 0.4) is 0 Å². The SMILES string of the molecule is C/C=C(C)\C(C=O)=C/CC. The molecule has 0 N–H and O–H groups in total. The van der Waals surface area contributed by atoms with Crippen LogP contribution in [0.25, 0.3) is 0 Å². The first-order chi connectivity index (χ1) is 4.76. The minimum Gasteiger partial charge on any atom is -0.298 e. The summed E-state index contributed by atoms with van der Waals surface area (Å²) in [6.07, 6.45) is 5.69. The Bertz CT molecular complexity index is 164. The molecule has 10 heavy (non-hydrogen) atoms. The highest BCUT2D eigenvalue weighted by molar-refractivity contribution is 5.79. The fraction of sp³-hybridized carbons (Fsp3) is 0.444. The van der Waals surface area contributed by atoms with Crippen LogP contribution in [0, 0.1) is 0 Å². The summed E-state index contributed by atoms with van der Waals surface area (Å²) in [5, 5.41) is 0. The lowest BCUT2D eigenvalue weighted by Crippen LogP contribution is -1.85. The number of aldehydes is 1. The van der Waals surface area contributed by atoms with Gasteiger partial charge in [0.15, 0.2) is 0 Å². The van der Waals surface area contributed by atoms with Gasteiger partial charge in [-0.05, 0) is 25.8 Å². The molecule has 0 saturated heterocycles.